The minimum Gasteiger partial charge on any atom is -0.370 e. The minimum absolute atomic E-state index is 0.418. The number of carbonyl (C=O) groups excluding carboxylic acids is 1. The average molecular weight is 274 g/mol. The Hall–Kier alpha value is -2.04. The molecule has 108 valence electrons. The molecule has 0 atom stereocenters. The van der Waals surface area contributed by atoms with E-state index in [9.17, 15) is 4.79 Å². The summed E-state index contributed by atoms with van der Waals surface area (Å²) < 4.78 is 0. The fourth-order valence-electron chi connectivity index (χ4n) is 2.45. The van der Waals surface area contributed by atoms with Crippen LogP contribution in [0, 0.1) is 0 Å². The maximum Gasteiger partial charge on any atom is 0.248 e. The topological polar surface area (TPSA) is 93.5 Å². The molecule has 0 bridgehead atoms. The number of hydrogen-bond acceptors (Lipinski definition) is 2. The standard InChI is InChI=1S/C15H22N4O/c16-14(20)12-8-6-11(7-9-12)10-18-15(17)19-13-4-2-1-3-5-13/h6-9,13H,1-5,10H2,(H2,16,20)(H3,17,18,19). The number of nitrogens with one attached hydrogen (secondary N) is 1. The van der Waals surface area contributed by atoms with Gasteiger partial charge in [-0.25, -0.2) is 4.99 Å². The van der Waals surface area contributed by atoms with E-state index < -0.39 is 5.91 Å². The summed E-state index contributed by atoms with van der Waals surface area (Å²) in [6.07, 6.45) is 6.19. The van der Waals surface area contributed by atoms with Crippen LogP contribution in [0.3, 0.4) is 0 Å². The molecule has 20 heavy (non-hydrogen) atoms. The van der Waals surface area contributed by atoms with Crippen LogP contribution in [0.1, 0.15) is 48.0 Å². The van der Waals surface area contributed by atoms with Crippen molar-refractivity contribution < 1.29 is 4.79 Å². The van der Waals surface area contributed by atoms with Gasteiger partial charge in [0.15, 0.2) is 5.96 Å². The van der Waals surface area contributed by atoms with Crippen LogP contribution in [-0.2, 0) is 6.54 Å². The Labute approximate surface area is 119 Å². The van der Waals surface area contributed by atoms with Gasteiger partial charge in [0.2, 0.25) is 5.91 Å². The molecule has 0 saturated heterocycles. The van der Waals surface area contributed by atoms with Crippen molar-refractivity contribution in [2.24, 2.45) is 16.5 Å². The summed E-state index contributed by atoms with van der Waals surface area (Å²) in [6, 6.07) is 7.56. The summed E-state index contributed by atoms with van der Waals surface area (Å²) in [7, 11) is 0. The van der Waals surface area contributed by atoms with Gasteiger partial charge in [-0.2, -0.15) is 0 Å². The van der Waals surface area contributed by atoms with E-state index in [4.69, 9.17) is 11.5 Å². The second kappa shape index (κ2) is 6.93. The van der Waals surface area contributed by atoms with Gasteiger partial charge < -0.3 is 16.8 Å². The lowest BCUT2D eigenvalue weighted by atomic mass is 9.96. The summed E-state index contributed by atoms with van der Waals surface area (Å²) >= 11 is 0. The Bertz CT molecular complexity index is 475. The molecule has 0 aliphatic heterocycles. The van der Waals surface area contributed by atoms with Crippen molar-refractivity contribution in [3.05, 3.63) is 35.4 Å². The molecule has 0 aromatic heterocycles. The SMILES string of the molecule is NC(=O)c1ccc(CN=C(N)NC2CCCCC2)cc1. The normalized spacial score (nSPS) is 16.9. The van der Waals surface area contributed by atoms with Gasteiger partial charge in [0.1, 0.15) is 0 Å². The molecule has 1 aromatic rings. The fraction of sp³-hybridized carbons (Fsp3) is 0.467. The van der Waals surface area contributed by atoms with Crippen molar-refractivity contribution in [1.29, 1.82) is 0 Å². The number of benzene rings is 1. The highest BCUT2D eigenvalue weighted by Gasteiger charge is 2.13. The Morgan fingerprint density at radius 3 is 2.40 bits per heavy atom. The quantitative estimate of drug-likeness (QED) is 0.574. The first-order valence-corrected chi connectivity index (χ1v) is 7.10. The maximum absolute atomic E-state index is 11.0. The third kappa shape index (κ3) is 4.26. The molecule has 0 spiro atoms. The second-order valence-electron chi connectivity index (χ2n) is 5.24. The number of hydrogen-bond donors (Lipinski definition) is 3. The Morgan fingerprint density at radius 1 is 1.15 bits per heavy atom. The lowest BCUT2D eigenvalue weighted by Crippen LogP contribution is -2.41. The predicted molar refractivity (Wildman–Crippen MR) is 80.3 cm³/mol. The van der Waals surface area contributed by atoms with Crippen molar-refractivity contribution >= 4 is 11.9 Å². The molecule has 1 fully saturated rings. The van der Waals surface area contributed by atoms with Crippen molar-refractivity contribution in [3.63, 3.8) is 0 Å². The van der Waals surface area contributed by atoms with E-state index in [0.29, 0.717) is 24.1 Å². The molecule has 5 nitrogen and oxygen atoms in total. The number of primary amides is 1. The molecule has 1 aliphatic rings. The number of nitrogens with zero attached hydrogens (tertiary/aromatic N) is 1. The maximum atomic E-state index is 11.0. The monoisotopic (exact) mass is 274 g/mol. The highest BCUT2D eigenvalue weighted by Crippen LogP contribution is 2.17. The predicted octanol–water partition coefficient (Wildman–Crippen LogP) is 1.52. The summed E-state index contributed by atoms with van der Waals surface area (Å²) in [5.41, 5.74) is 12.6. The van der Waals surface area contributed by atoms with E-state index in [2.05, 4.69) is 10.3 Å². The summed E-state index contributed by atoms with van der Waals surface area (Å²) in [5, 5.41) is 3.27. The molecule has 0 unspecified atom stereocenters. The third-order valence-corrected chi connectivity index (χ3v) is 3.63. The molecule has 1 saturated carbocycles. The van der Waals surface area contributed by atoms with Crippen LogP contribution in [0.25, 0.3) is 0 Å². The third-order valence-electron chi connectivity index (χ3n) is 3.63. The van der Waals surface area contributed by atoms with Gasteiger partial charge in [-0.1, -0.05) is 31.4 Å². The molecule has 1 aliphatic carbocycles. The zero-order valence-corrected chi connectivity index (χ0v) is 11.6. The van der Waals surface area contributed by atoms with Gasteiger partial charge in [0.25, 0.3) is 0 Å². The van der Waals surface area contributed by atoms with E-state index in [1.54, 1.807) is 12.1 Å². The highest BCUT2D eigenvalue weighted by molar-refractivity contribution is 5.92. The van der Waals surface area contributed by atoms with E-state index in [1.165, 1.54) is 32.1 Å². The van der Waals surface area contributed by atoms with Crippen molar-refractivity contribution in [3.8, 4) is 0 Å². The second-order valence-corrected chi connectivity index (χ2v) is 5.24. The van der Waals surface area contributed by atoms with Gasteiger partial charge in [-0.15, -0.1) is 0 Å². The van der Waals surface area contributed by atoms with Crippen LogP contribution in [-0.4, -0.2) is 17.9 Å². The molecular formula is C15H22N4O. The van der Waals surface area contributed by atoms with Crippen LogP contribution in [0.2, 0.25) is 0 Å². The van der Waals surface area contributed by atoms with Crippen LogP contribution >= 0.6 is 0 Å². The Kier molecular flexibility index (Phi) is 4.98. The van der Waals surface area contributed by atoms with Crippen LogP contribution in [0.15, 0.2) is 29.3 Å². The molecule has 1 aromatic carbocycles. The van der Waals surface area contributed by atoms with E-state index >= 15 is 0 Å². The van der Waals surface area contributed by atoms with Crippen LogP contribution < -0.4 is 16.8 Å². The molecule has 1 amide bonds. The molecular weight excluding hydrogens is 252 g/mol. The van der Waals surface area contributed by atoms with E-state index in [1.807, 2.05) is 12.1 Å². The highest BCUT2D eigenvalue weighted by atomic mass is 16.1. The van der Waals surface area contributed by atoms with Gasteiger partial charge in [0.05, 0.1) is 6.54 Å². The first-order valence-electron chi connectivity index (χ1n) is 7.10. The molecule has 0 radical (unpaired) electrons. The summed E-state index contributed by atoms with van der Waals surface area (Å²) in [5.74, 6) is 0.0782. The number of rotatable bonds is 4. The van der Waals surface area contributed by atoms with Crippen LogP contribution in [0.4, 0.5) is 0 Å². The Balaban J connectivity index is 1.85. The molecule has 5 heteroatoms. The van der Waals surface area contributed by atoms with Crippen molar-refractivity contribution in [2.45, 2.75) is 44.7 Å². The van der Waals surface area contributed by atoms with E-state index in [-0.39, 0.29) is 0 Å². The zero-order valence-electron chi connectivity index (χ0n) is 11.6. The largest absolute Gasteiger partial charge is 0.370 e. The van der Waals surface area contributed by atoms with Gasteiger partial charge in [0, 0.05) is 11.6 Å². The Morgan fingerprint density at radius 2 is 1.80 bits per heavy atom. The van der Waals surface area contributed by atoms with E-state index in [0.717, 1.165) is 5.56 Å². The number of aliphatic imine (C=N–C) groups is 1. The fourth-order valence-corrected chi connectivity index (χ4v) is 2.45. The van der Waals surface area contributed by atoms with Gasteiger partial charge >= 0.3 is 0 Å². The van der Waals surface area contributed by atoms with Gasteiger partial charge in [-0.3, -0.25) is 4.79 Å². The minimum atomic E-state index is -0.418. The summed E-state index contributed by atoms with van der Waals surface area (Å²) in [4.78, 5) is 15.3. The van der Waals surface area contributed by atoms with Gasteiger partial charge in [-0.05, 0) is 30.5 Å². The molecule has 0 heterocycles. The lowest BCUT2D eigenvalue weighted by molar-refractivity contribution is 0.100. The van der Waals surface area contributed by atoms with Crippen LogP contribution in [0.5, 0.6) is 0 Å². The zero-order chi connectivity index (χ0) is 14.4. The molecule has 5 N–H and O–H groups in total. The van der Waals surface area contributed by atoms with Crippen molar-refractivity contribution in [2.75, 3.05) is 0 Å². The number of guanidine groups is 1. The number of carbonyl (C=O) groups is 1. The molecule has 2 rings (SSSR count). The van der Waals surface area contributed by atoms with Crippen molar-refractivity contribution in [1.82, 2.24) is 5.32 Å². The number of amides is 1. The average Bonchev–Trinajstić information content (AvgIpc) is 2.46. The lowest BCUT2D eigenvalue weighted by Gasteiger charge is -2.23. The number of nitrogens with two attached hydrogens (primary N) is 2. The smallest absolute Gasteiger partial charge is 0.248 e. The summed E-state index contributed by atoms with van der Waals surface area (Å²) in [6.45, 7) is 0.505. The first kappa shape index (κ1) is 14.4. The first-order chi connectivity index (χ1) is 9.65.